The average molecular weight is 341 g/mol. The molecule has 3 aromatic rings. The maximum Gasteiger partial charge on any atom is 0.266 e. The van der Waals surface area contributed by atoms with Crippen LogP contribution in [0.15, 0.2) is 35.3 Å². The number of hydrogen-bond acceptors (Lipinski definition) is 4. The van der Waals surface area contributed by atoms with Crippen LogP contribution >= 0.6 is 11.3 Å². The lowest BCUT2D eigenvalue weighted by Gasteiger charge is -2.34. The highest BCUT2D eigenvalue weighted by Crippen LogP contribution is 2.27. The second-order valence-corrected chi connectivity index (χ2v) is 7.86. The van der Waals surface area contributed by atoms with Crippen LogP contribution in [0.25, 0.3) is 15.9 Å². The van der Waals surface area contributed by atoms with E-state index >= 15 is 0 Å². The third kappa shape index (κ3) is 2.51. The number of thiophene rings is 1. The molecule has 0 aliphatic carbocycles. The van der Waals surface area contributed by atoms with Gasteiger partial charge in [-0.05, 0) is 36.5 Å². The molecule has 4 rings (SSSR count). The Bertz CT molecular complexity index is 981. The highest BCUT2D eigenvalue weighted by Gasteiger charge is 2.27. The number of aromatic nitrogens is 2. The van der Waals surface area contributed by atoms with Crippen LogP contribution in [0.1, 0.15) is 29.9 Å². The highest BCUT2D eigenvalue weighted by atomic mass is 32.1. The van der Waals surface area contributed by atoms with Crippen LogP contribution in [-0.2, 0) is 0 Å². The van der Waals surface area contributed by atoms with Crippen LogP contribution in [0, 0.1) is 11.8 Å². The Hall–Kier alpha value is -2.21. The number of carbonyl (C=O) groups is 1. The monoisotopic (exact) mass is 341 g/mol. The summed E-state index contributed by atoms with van der Waals surface area (Å²) in [4.78, 5) is 33.2. The van der Waals surface area contributed by atoms with E-state index in [1.54, 1.807) is 24.4 Å². The topological polar surface area (TPSA) is 54.7 Å². The fourth-order valence-corrected chi connectivity index (χ4v) is 4.64. The van der Waals surface area contributed by atoms with Crippen molar-refractivity contribution in [2.24, 2.45) is 11.8 Å². The SMILES string of the molecule is C[C@H]1C[C@H](C)CN(C(=O)c2cc3c(=O)n4ccccc4nc3s2)C1. The van der Waals surface area contributed by atoms with Gasteiger partial charge in [0.2, 0.25) is 0 Å². The number of fused-ring (bicyclic) bond motifs is 2. The summed E-state index contributed by atoms with van der Waals surface area (Å²) in [6, 6.07) is 7.16. The molecule has 6 heteroatoms. The van der Waals surface area contributed by atoms with Crippen molar-refractivity contribution in [2.75, 3.05) is 13.1 Å². The second kappa shape index (κ2) is 5.70. The van der Waals surface area contributed by atoms with Crippen LogP contribution in [0.2, 0.25) is 0 Å². The van der Waals surface area contributed by atoms with Crippen LogP contribution in [-0.4, -0.2) is 33.3 Å². The Balaban J connectivity index is 1.77. The van der Waals surface area contributed by atoms with Crippen LogP contribution in [0.3, 0.4) is 0 Å². The Kier molecular flexibility index (Phi) is 3.64. The molecule has 4 heterocycles. The molecule has 5 nitrogen and oxygen atoms in total. The summed E-state index contributed by atoms with van der Waals surface area (Å²) < 4.78 is 1.52. The molecule has 0 saturated carbocycles. The van der Waals surface area contributed by atoms with Crippen LogP contribution in [0.4, 0.5) is 0 Å². The maximum atomic E-state index is 12.9. The van der Waals surface area contributed by atoms with E-state index in [9.17, 15) is 9.59 Å². The summed E-state index contributed by atoms with van der Waals surface area (Å²) in [5, 5.41) is 0.519. The lowest BCUT2D eigenvalue weighted by molar-refractivity contribution is 0.0628. The summed E-state index contributed by atoms with van der Waals surface area (Å²) in [5.41, 5.74) is 0.488. The van der Waals surface area contributed by atoms with Crippen molar-refractivity contribution in [1.29, 1.82) is 0 Å². The number of piperidine rings is 1. The van der Waals surface area contributed by atoms with E-state index in [0.717, 1.165) is 19.5 Å². The second-order valence-electron chi connectivity index (χ2n) is 6.83. The summed E-state index contributed by atoms with van der Waals surface area (Å²) >= 11 is 1.31. The van der Waals surface area contributed by atoms with E-state index in [1.165, 1.54) is 15.7 Å². The van der Waals surface area contributed by atoms with Crippen LogP contribution < -0.4 is 5.56 Å². The van der Waals surface area contributed by atoms with Gasteiger partial charge in [-0.15, -0.1) is 11.3 Å². The quantitative estimate of drug-likeness (QED) is 0.684. The first kappa shape index (κ1) is 15.3. The molecule has 1 saturated heterocycles. The summed E-state index contributed by atoms with van der Waals surface area (Å²) in [6.07, 6.45) is 2.86. The van der Waals surface area contributed by atoms with E-state index in [-0.39, 0.29) is 11.5 Å². The van der Waals surface area contributed by atoms with E-state index < -0.39 is 0 Å². The number of pyridine rings is 1. The summed E-state index contributed by atoms with van der Waals surface area (Å²) in [5.74, 6) is 1.04. The van der Waals surface area contributed by atoms with Gasteiger partial charge in [-0.2, -0.15) is 0 Å². The predicted molar refractivity (Wildman–Crippen MR) is 95.7 cm³/mol. The Labute approximate surface area is 143 Å². The van der Waals surface area contributed by atoms with Gasteiger partial charge in [-0.25, -0.2) is 4.98 Å². The Morgan fingerprint density at radius 1 is 1.25 bits per heavy atom. The molecule has 2 atom stereocenters. The largest absolute Gasteiger partial charge is 0.337 e. The molecule has 1 fully saturated rings. The van der Waals surface area contributed by atoms with Gasteiger partial charge >= 0.3 is 0 Å². The Morgan fingerprint density at radius 2 is 2.00 bits per heavy atom. The van der Waals surface area contributed by atoms with Gasteiger partial charge in [0.05, 0.1) is 10.3 Å². The minimum Gasteiger partial charge on any atom is -0.337 e. The van der Waals surface area contributed by atoms with Crippen molar-refractivity contribution in [3.05, 3.63) is 45.7 Å². The number of rotatable bonds is 1. The van der Waals surface area contributed by atoms with Crippen molar-refractivity contribution in [2.45, 2.75) is 20.3 Å². The van der Waals surface area contributed by atoms with Gasteiger partial charge in [0, 0.05) is 19.3 Å². The number of hydrogen-bond donors (Lipinski definition) is 0. The standard InChI is InChI=1S/C18H19N3O2S/c1-11-7-12(2)10-20(9-11)18(23)14-8-13-16(24-14)19-15-5-3-4-6-21(15)17(13)22/h3-6,8,11-12H,7,9-10H2,1-2H3/t11-,12-/m0/s1. The molecule has 1 aliphatic rings. The summed E-state index contributed by atoms with van der Waals surface area (Å²) in [6.45, 7) is 5.93. The molecule has 0 N–H and O–H groups in total. The van der Waals surface area contributed by atoms with Gasteiger partial charge in [0.1, 0.15) is 10.5 Å². The molecule has 0 bridgehead atoms. The van der Waals surface area contributed by atoms with Crippen molar-refractivity contribution in [1.82, 2.24) is 14.3 Å². The van der Waals surface area contributed by atoms with Gasteiger partial charge in [0.15, 0.2) is 0 Å². The van der Waals surface area contributed by atoms with E-state index in [2.05, 4.69) is 18.8 Å². The molecular formula is C18H19N3O2S. The zero-order chi connectivity index (χ0) is 16.8. The fraction of sp³-hybridized carbons (Fsp3) is 0.389. The highest BCUT2D eigenvalue weighted by molar-refractivity contribution is 7.20. The van der Waals surface area contributed by atoms with Crippen molar-refractivity contribution in [3.8, 4) is 0 Å². The minimum absolute atomic E-state index is 0.0184. The molecule has 124 valence electrons. The lowest BCUT2D eigenvalue weighted by Crippen LogP contribution is -2.42. The summed E-state index contributed by atoms with van der Waals surface area (Å²) in [7, 11) is 0. The maximum absolute atomic E-state index is 12.9. The zero-order valence-electron chi connectivity index (χ0n) is 13.7. The van der Waals surface area contributed by atoms with Crippen molar-refractivity contribution < 1.29 is 4.79 Å². The lowest BCUT2D eigenvalue weighted by atomic mass is 9.92. The molecular weight excluding hydrogens is 322 g/mol. The molecule has 0 unspecified atom stereocenters. The van der Waals surface area contributed by atoms with Gasteiger partial charge in [0.25, 0.3) is 11.5 Å². The number of amides is 1. The first-order chi connectivity index (χ1) is 11.5. The Morgan fingerprint density at radius 3 is 2.75 bits per heavy atom. The minimum atomic E-state index is -0.119. The number of likely N-dealkylation sites (tertiary alicyclic amines) is 1. The molecule has 1 aliphatic heterocycles. The zero-order valence-corrected chi connectivity index (χ0v) is 14.5. The average Bonchev–Trinajstić information content (AvgIpc) is 2.98. The first-order valence-corrected chi connectivity index (χ1v) is 9.05. The number of nitrogens with zero attached hydrogens (tertiary/aromatic N) is 3. The number of carbonyl (C=O) groups excluding carboxylic acids is 1. The third-order valence-corrected chi connectivity index (χ3v) is 5.60. The van der Waals surface area contributed by atoms with Gasteiger partial charge in [-0.1, -0.05) is 19.9 Å². The van der Waals surface area contributed by atoms with E-state index in [4.69, 9.17) is 0 Å². The fourth-order valence-electron chi connectivity index (χ4n) is 3.64. The van der Waals surface area contributed by atoms with E-state index in [1.807, 2.05) is 11.0 Å². The normalized spacial score (nSPS) is 21.5. The third-order valence-electron chi connectivity index (χ3n) is 4.58. The van der Waals surface area contributed by atoms with Crippen molar-refractivity contribution in [3.63, 3.8) is 0 Å². The van der Waals surface area contributed by atoms with Gasteiger partial charge in [-0.3, -0.25) is 14.0 Å². The molecule has 0 radical (unpaired) electrons. The first-order valence-electron chi connectivity index (χ1n) is 8.23. The van der Waals surface area contributed by atoms with E-state index in [0.29, 0.717) is 32.6 Å². The molecule has 0 spiro atoms. The molecule has 24 heavy (non-hydrogen) atoms. The van der Waals surface area contributed by atoms with Crippen LogP contribution in [0.5, 0.6) is 0 Å². The molecule has 0 aromatic carbocycles. The van der Waals surface area contributed by atoms with Crippen molar-refractivity contribution >= 4 is 33.1 Å². The van der Waals surface area contributed by atoms with Gasteiger partial charge < -0.3 is 4.90 Å². The predicted octanol–water partition coefficient (Wildman–Crippen LogP) is 3.03. The smallest absolute Gasteiger partial charge is 0.266 e. The molecule has 3 aromatic heterocycles. The molecule has 1 amide bonds.